The SMILES string of the molecule is CCCCCCCCCCCCCCCCCCCCC(C)CCCCCCCCCCCCCCC. The fourth-order valence-corrected chi connectivity index (χ4v) is 6.05. The average Bonchev–Trinajstić information content (AvgIpc) is 2.90. The van der Waals surface area contributed by atoms with Gasteiger partial charge >= 0.3 is 0 Å². The summed E-state index contributed by atoms with van der Waals surface area (Å²) in [7, 11) is 0. The molecule has 0 bridgehead atoms. The Kier molecular flexibility index (Phi) is 34.0. The van der Waals surface area contributed by atoms with Crippen LogP contribution in [-0.4, -0.2) is 0 Å². The van der Waals surface area contributed by atoms with Gasteiger partial charge in [0, 0.05) is 0 Å². The molecule has 0 rings (SSSR count). The highest BCUT2D eigenvalue weighted by Crippen LogP contribution is 2.20. The predicted molar refractivity (Wildman–Crippen MR) is 173 cm³/mol. The molecule has 0 radical (unpaired) electrons. The molecule has 0 heterocycles. The minimum absolute atomic E-state index is 0.966. The summed E-state index contributed by atoms with van der Waals surface area (Å²) in [4.78, 5) is 0. The molecule has 0 amide bonds. The summed E-state index contributed by atoms with van der Waals surface area (Å²) in [5.41, 5.74) is 0. The summed E-state index contributed by atoms with van der Waals surface area (Å²) in [6.07, 6.45) is 48.7. The Morgan fingerprint density at radius 3 is 0.595 bits per heavy atom. The summed E-state index contributed by atoms with van der Waals surface area (Å²) in [6.45, 7) is 7.13. The van der Waals surface area contributed by atoms with Crippen LogP contribution in [-0.2, 0) is 0 Å². The van der Waals surface area contributed by atoms with E-state index in [0.717, 1.165) is 5.92 Å². The summed E-state index contributed by atoms with van der Waals surface area (Å²) < 4.78 is 0. The monoisotopic (exact) mass is 521 g/mol. The van der Waals surface area contributed by atoms with Crippen LogP contribution in [0, 0.1) is 5.92 Å². The first kappa shape index (κ1) is 37.0. The van der Waals surface area contributed by atoms with Crippen molar-refractivity contribution in [3.05, 3.63) is 0 Å². The van der Waals surface area contributed by atoms with Gasteiger partial charge in [-0.05, 0) is 5.92 Å². The van der Waals surface area contributed by atoms with Gasteiger partial charge in [0.2, 0.25) is 0 Å². The molecule has 0 nitrogen and oxygen atoms in total. The van der Waals surface area contributed by atoms with E-state index in [9.17, 15) is 0 Å². The van der Waals surface area contributed by atoms with E-state index in [4.69, 9.17) is 0 Å². The molecule has 37 heavy (non-hydrogen) atoms. The van der Waals surface area contributed by atoms with Crippen LogP contribution in [0.5, 0.6) is 0 Å². The Labute approximate surface area is 238 Å². The van der Waals surface area contributed by atoms with Crippen LogP contribution < -0.4 is 0 Å². The third-order valence-electron chi connectivity index (χ3n) is 8.85. The van der Waals surface area contributed by atoms with Crippen molar-refractivity contribution < 1.29 is 0 Å². The topological polar surface area (TPSA) is 0 Å². The maximum absolute atomic E-state index is 2.51. The highest BCUT2D eigenvalue weighted by atomic mass is 14.1. The Bertz CT molecular complexity index is 372. The second kappa shape index (κ2) is 34.0. The lowest BCUT2D eigenvalue weighted by Crippen LogP contribution is -1.95. The Hall–Kier alpha value is 0. The first-order valence-corrected chi connectivity index (χ1v) is 18.3. The molecule has 0 aliphatic carbocycles. The maximum Gasteiger partial charge on any atom is -0.0443 e. The molecule has 0 heteroatoms. The van der Waals surface area contributed by atoms with Crippen LogP contribution in [0.3, 0.4) is 0 Å². The van der Waals surface area contributed by atoms with E-state index in [-0.39, 0.29) is 0 Å². The second-order valence-corrected chi connectivity index (χ2v) is 12.9. The minimum atomic E-state index is 0.966. The summed E-state index contributed by atoms with van der Waals surface area (Å²) in [5, 5.41) is 0. The van der Waals surface area contributed by atoms with Crippen LogP contribution in [0.25, 0.3) is 0 Å². The lowest BCUT2D eigenvalue weighted by Gasteiger charge is -2.11. The Morgan fingerprint density at radius 1 is 0.243 bits per heavy atom. The summed E-state index contributed by atoms with van der Waals surface area (Å²) >= 11 is 0. The molecule has 0 saturated carbocycles. The summed E-state index contributed by atoms with van der Waals surface area (Å²) in [5.74, 6) is 0.966. The summed E-state index contributed by atoms with van der Waals surface area (Å²) in [6, 6.07) is 0. The van der Waals surface area contributed by atoms with Gasteiger partial charge in [0.15, 0.2) is 0 Å². The highest BCUT2D eigenvalue weighted by Gasteiger charge is 2.02. The standard InChI is InChI=1S/C37H76/c1-4-6-8-10-12-14-16-18-19-20-21-22-24-26-28-30-32-34-36-37(3)35-33-31-29-27-25-23-17-15-13-11-9-7-5-2/h37H,4-36H2,1-3H3. The van der Waals surface area contributed by atoms with E-state index in [1.807, 2.05) is 0 Å². The van der Waals surface area contributed by atoms with Gasteiger partial charge in [-0.25, -0.2) is 0 Å². The predicted octanol–water partition coefficient (Wildman–Crippen LogP) is 14.5. The second-order valence-electron chi connectivity index (χ2n) is 12.9. The largest absolute Gasteiger partial charge is 0.0654 e. The number of rotatable bonds is 33. The van der Waals surface area contributed by atoms with E-state index in [2.05, 4.69) is 20.8 Å². The molecule has 1 atom stereocenters. The zero-order valence-electron chi connectivity index (χ0n) is 26.9. The Balaban J connectivity index is 3.13. The molecule has 0 aliphatic heterocycles. The lowest BCUT2D eigenvalue weighted by atomic mass is 9.95. The van der Waals surface area contributed by atoms with Gasteiger partial charge in [0.1, 0.15) is 0 Å². The third kappa shape index (κ3) is 34.0. The fourth-order valence-electron chi connectivity index (χ4n) is 6.05. The fraction of sp³-hybridized carbons (Fsp3) is 1.00. The molecule has 0 aromatic rings. The molecule has 0 aliphatic rings. The van der Waals surface area contributed by atoms with Crippen molar-refractivity contribution in [2.24, 2.45) is 5.92 Å². The molecule has 224 valence electrons. The molecule has 1 unspecified atom stereocenters. The number of unbranched alkanes of at least 4 members (excludes halogenated alkanes) is 29. The van der Waals surface area contributed by atoms with E-state index in [1.165, 1.54) is 212 Å². The van der Waals surface area contributed by atoms with Crippen LogP contribution in [0.15, 0.2) is 0 Å². The zero-order valence-corrected chi connectivity index (χ0v) is 26.9. The van der Waals surface area contributed by atoms with Gasteiger partial charge in [0.05, 0.1) is 0 Å². The molecular formula is C37H76. The Morgan fingerprint density at radius 2 is 0.405 bits per heavy atom. The van der Waals surface area contributed by atoms with E-state index >= 15 is 0 Å². The van der Waals surface area contributed by atoms with Gasteiger partial charge in [-0.1, -0.05) is 233 Å². The maximum atomic E-state index is 2.51. The molecule has 0 fully saturated rings. The zero-order chi connectivity index (χ0) is 26.9. The van der Waals surface area contributed by atoms with Crippen LogP contribution in [0.2, 0.25) is 0 Å². The average molecular weight is 521 g/mol. The van der Waals surface area contributed by atoms with Crippen molar-refractivity contribution in [1.82, 2.24) is 0 Å². The molecule has 0 spiro atoms. The third-order valence-corrected chi connectivity index (χ3v) is 8.85. The van der Waals surface area contributed by atoms with E-state index in [0.29, 0.717) is 0 Å². The van der Waals surface area contributed by atoms with Crippen LogP contribution in [0.1, 0.15) is 233 Å². The molecule has 0 saturated heterocycles. The van der Waals surface area contributed by atoms with Crippen molar-refractivity contribution in [2.45, 2.75) is 233 Å². The highest BCUT2D eigenvalue weighted by molar-refractivity contribution is 4.57. The van der Waals surface area contributed by atoms with Crippen molar-refractivity contribution >= 4 is 0 Å². The van der Waals surface area contributed by atoms with E-state index < -0.39 is 0 Å². The number of hydrogen-bond acceptors (Lipinski definition) is 0. The van der Waals surface area contributed by atoms with Gasteiger partial charge in [-0.2, -0.15) is 0 Å². The van der Waals surface area contributed by atoms with Gasteiger partial charge < -0.3 is 0 Å². The molecule has 0 aromatic heterocycles. The lowest BCUT2D eigenvalue weighted by molar-refractivity contribution is 0.429. The minimum Gasteiger partial charge on any atom is -0.0654 e. The van der Waals surface area contributed by atoms with Crippen molar-refractivity contribution in [2.75, 3.05) is 0 Å². The van der Waals surface area contributed by atoms with E-state index in [1.54, 1.807) is 0 Å². The van der Waals surface area contributed by atoms with Crippen molar-refractivity contribution in [1.29, 1.82) is 0 Å². The first-order chi connectivity index (χ1) is 18.3. The molecule has 0 N–H and O–H groups in total. The van der Waals surface area contributed by atoms with Gasteiger partial charge in [0.25, 0.3) is 0 Å². The van der Waals surface area contributed by atoms with Gasteiger partial charge in [-0.3, -0.25) is 0 Å². The first-order valence-electron chi connectivity index (χ1n) is 18.3. The quantitative estimate of drug-likeness (QED) is 0.0754. The molecule has 0 aromatic carbocycles. The number of hydrogen-bond donors (Lipinski definition) is 0. The van der Waals surface area contributed by atoms with Crippen LogP contribution >= 0.6 is 0 Å². The van der Waals surface area contributed by atoms with Crippen LogP contribution in [0.4, 0.5) is 0 Å². The normalized spacial score (nSPS) is 12.4. The van der Waals surface area contributed by atoms with Crippen molar-refractivity contribution in [3.63, 3.8) is 0 Å². The smallest absolute Gasteiger partial charge is 0.0443 e. The van der Waals surface area contributed by atoms with Crippen molar-refractivity contribution in [3.8, 4) is 0 Å². The molecular weight excluding hydrogens is 444 g/mol. The van der Waals surface area contributed by atoms with Gasteiger partial charge in [-0.15, -0.1) is 0 Å².